The molecular weight excluding hydrogens is 304 g/mol. The molecule has 1 aliphatic rings. The van der Waals surface area contributed by atoms with E-state index < -0.39 is 0 Å². The van der Waals surface area contributed by atoms with Gasteiger partial charge in [0.15, 0.2) is 0 Å². The van der Waals surface area contributed by atoms with Crippen molar-refractivity contribution in [1.29, 1.82) is 0 Å². The molecule has 1 saturated heterocycles. The van der Waals surface area contributed by atoms with Crippen LogP contribution >= 0.6 is 15.9 Å². The standard InChI is InChI=1S/C15H23BrN2O/c1-12(2)18-9-7-17(8-10-18)11-13-14(16)5-4-6-15(13)19-3/h4-6,12H,7-11H2,1-3H3. The van der Waals surface area contributed by atoms with Gasteiger partial charge in [-0.25, -0.2) is 0 Å². The van der Waals surface area contributed by atoms with Crippen molar-refractivity contribution >= 4 is 15.9 Å². The molecule has 0 bridgehead atoms. The topological polar surface area (TPSA) is 15.7 Å². The van der Waals surface area contributed by atoms with Gasteiger partial charge in [-0.15, -0.1) is 0 Å². The molecule has 0 unspecified atom stereocenters. The average Bonchev–Trinajstić information content (AvgIpc) is 2.41. The van der Waals surface area contributed by atoms with E-state index in [4.69, 9.17) is 4.74 Å². The zero-order valence-electron chi connectivity index (χ0n) is 12.0. The van der Waals surface area contributed by atoms with Crippen LogP contribution in [-0.2, 0) is 6.54 Å². The SMILES string of the molecule is COc1cccc(Br)c1CN1CCN(C(C)C)CC1. The second-order valence-electron chi connectivity index (χ2n) is 5.33. The number of nitrogens with zero attached hydrogens (tertiary/aromatic N) is 2. The van der Waals surface area contributed by atoms with Crippen molar-refractivity contribution in [3.05, 3.63) is 28.2 Å². The van der Waals surface area contributed by atoms with E-state index in [2.05, 4.69) is 45.6 Å². The molecule has 0 radical (unpaired) electrons. The molecule has 3 nitrogen and oxygen atoms in total. The Labute approximate surface area is 124 Å². The maximum Gasteiger partial charge on any atom is 0.124 e. The minimum Gasteiger partial charge on any atom is -0.496 e. The highest BCUT2D eigenvalue weighted by Gasteiger charge is 2.20. The zero-order chi connectivity index (χ0) is 13.8. The Morgan fingerprint density at radius 2 is 1.89 bits per heavy atom. The summed E-state index contributed by atoms with van der Waals surface area (Å²) in [4.78, 5) is 5.04. The van der Waals surface area contributed by atoms with Crippen LogP contribution in [0.4, 0.5) is 0 Å². The largest absolute Gasteiger partial charge is 0.496 e. The summed E-state index contributed by atoms with van der Waals surface area (Å²) in [6, 6.07) is 6.79. The number of piperazine rings is 1. The smallest absolute Gasteiger partial charge is 0.124 e. The Morgan fingerprint density at radius 1 is 1.21 bits per heavy atom. The second-order valence-corrected chi connectivity index (χ2v) is 6.18. The number of methoxy groups -OCH3 is 1. The van der Waals surface area contributed by atoms with E-state index in [1.165, 1.54) is 5.56 Å². The summed E-state index contributed by atoms with van der Waals surface area (Å²) in [7, 11) is 1.74. The zero-order valence-corrected chi connectivity index (χ0v) is 13.6. The third-order valence-electron chi connectivity index (χ3n) is 3.81. The highest BCUT2D eigenvalue weighted by Crippen LogP contribution is 2.28. The van der Waals surface area contributed by atoms with Crippen molar-refractivity contribution in [1.82, 2.24) is 9.80 Å². The van der Waals surface area contributed by atoms with Gasteiger partial charge in [-0.3, -0.25) is 9.80 Å². The van der Waals surface area contributed by atoms with Gasteiger partial charge in [0.2, 0.25) is 0 Å². The number of hydrogen-bond donors (Lipinski definition) is 0. The van der Waals surface area contributed by atoms with Gasteiger partial charge in [0.25, 0.3) is 0 Å². The second kappa shape index (κ2) is 6.73. The number of halogens is 1. The number of benzene rings is 1. The monoisotopic (exact) mass is 326 g/mol. The Balaban J connectivity index is 1.99. The van der Waals surface area contributed by atoms with Crippen LogP contribution < -0.4 is 4.74 Å². The Morgan fingerprint density at radius 3 is 2.47 bits per heavy atom. The summed E-state index contributed by atoms with van der Waals surface area (Å²) < 4.78 is 6.60. The van der Waals surface area contributed by atoms with Crippen LogP contribution in [0.1, 0.15) is 19.4 Å². The van der Waals surface area contributed by atoms with E-state index in [-0.39, 0.29) is 0 Å². The summed E-state index contributed by atoms with van der Waals surface area (Å²) in [6.07, 6.45) is 0. The van der Waals surface area contributed by atoms with E-state index in [1.54, 1.807) is 7.11 Å². The molecule has 1 heterocycles. The van der Waals surface area contributed by atoms with Crippen molar-refractivity contribution in [2.45, 2.75) is 26.4 Å². The van der Waals surface area contributed by atoms with Crippen LogP contribution in [0.5, 0.6) is 5.75 Å². The molecule has 4 heteroatoms. The lowest BCUT2D eigenvalue weighted by Crippen LogP contribution is -2.48. The van der Waals surface area contributed by atoms with Gasteiger partial charge >= 0.3 is 0 Å². The van der Waals surface area contributed by atoms with Crippen LogP contribution in [-0.4, -0.2) is 49.1 Å². The minimum atomic E-state index is 0.653. The fourth-order valence-electron chi connectivity index (χ4n) is 2.55. The molecule has 106 valence electrons. The van der Waals surface area contributed by atoms with Gasteiger partial charge in [0.05, 0.1) is 7.11 Å². The molecule has 0 N–H and O–H groups in total. The van der Waals surface area contributed by atoms with Gasteiger partial charge in [-0.1, -0.05) is 22.0 Å². The lowest BCUT2D eigenvalue weighted by molar-refractivity contribution is 0.103. The number of hydrogen-bond acceptors (Lipinski definition) is 3. The highest BCUT2D eigenvalue weighted by atomic mass is 79.9. The van der Waals surface area contributed by atoms with Crippen LogP contribution in [0.3, 0.4) is 0 Å². The molecule has 2 rings (SSSR count). The van der Waals surface area contributed by atoms with E-state index in [9.17, 15) is 0 Å². The molecule has 19 heavy (non-hydrogen) atoms. The predicted molar refractivity (Wildman–Crippen MR) is 82.7 cm³/mol. The minimum absolute atomic E-state index is 0.653. The molecule has 0 amide bonds. The van der Waals surface area contributed by atoms with Gasteiger partial charge in [-0.2, -0.15) is 0 Å². The van der Waals surface area contributed by atoms with Gasteiger partial charge < -0.3 is 4.74 Å². The molecule has 1 aromatic rings. The molecule has 0 spiro atoms. The lowest BCUT2D eigenvalue weighted by atomic mass is 10.1. The molecule has 1 aromatic carbocycles. The Bertz CT molecular complexity index is 415. The average molecular weight is 327 g/mol. The van der Waals surface area contributed by atoms with Gasteiger partial charge in [0.1, 0.15) is 5.75 Å². The van der Waals surface area contributed by atoms with Crippen LogP contribution in [0.25, 0.3) is 0 Å². The van der Waals surface area contributed by atoms with Crippen molar-refractivity contribution in [2.75, 3.05) is 33.3 Å². The van der Waals surface area contributed by atoms with E-state index in [0.717, 1.165) is 42.9 Å². The first-order chi connectivity index (χ1) is 9.11. The van der Waals surface area contributed by atoms with Gasteiger partial charge in [-0.05, 0) is 26.0 Å². The van der Waals surface area contributed by atoms with Crippen molar-refractivity contribution < 1.29 is 4.74 Å². The Hall–Kier alpha value is -0.580. The van der Waals surface area contributed by atoms with Crippen molar-refractivity contribution in [2.24, 2.45) is 0 Å². The summed E-state index contributed by atoms with van der Waals surface area (Å²) in [6.45, 7) is 10.1. The normalized spacial score (nSPS) is 17.9. The highest BCUT2D eigenvalue weighted by molar-refractivity contribution is 9.10. The summed E-state index contributed by atoms with van der Waals surface area (Å²) >= 11 is 3.63. The first-order valence-electron chi connectivity index (χ1n) is 6.89. The van der Waals surface area contributed by atoms with Crippen LogP contribution in [0.15, 0.2) is 22.7 Å². The fourth-order valence-corrected chi connectivity index (χ4v) is 3.02. The van der Waals surface area contributed by atoms with E-state index >= 15 is 0 Å². The molecule has 1 fully saturated rings. The fraction of sp³-hybridized carbons (Fsp3) is 0.600. The maximum atomic E-state index is 5.46. The number of rotatable bonds is 4. The van der Waals surface area contributed by atoms with Crippen molar-refractivity contribution in [3.8, 4) is 5.75 Å². The maximum absolute atomic E-state index is 5.46. The predicted octanol–water partition coefficient (Wildman–Crippen LogP) is 2.98. The third kappa shape index (κ3) is 3.71. The van der Waals surface area contributed by atoms with Gasteiger partial charge in [0, 0.05) is 48.8 Å². The Kier molecular flexibility index (Phi) is 5.25. The molecule has 0 atom stereocenters. The summed E-state index contributed by atoms with van der Waals surface area (Å²) in [5.41, 5.74) is 1.25. The molecule has 0 aliphatic carbocycles. The van der Waals surface area contributed by atoms with Crippen LogP contribution in [0, 0.1) is 0 Å². The van der Waals surface area contributed by atoms with E-state index in [1.807, 2.05) is 12.1 Å². The van der Waals surface area contributed by atoms with Crippen molar-refractivity contribution in [3.63, 3.8) is 0 Å². The molecular formula is C15H23BrN2O. The first-order valence-corrected chi connectivity index (χ1v) is 7.69. The van der Waals surface area contributed by atoms with E-state index in [0.29, 0.717) is 6.04 Å². The molecule has 0 aromatic heterocycles. The molecule has 0 saturated carbocycles. The third-order valence-corrected chi connectivity index (χ3v) is 4.56. The number of ether oxygens (including phenoxy) is 1. The quantitative estimate of drug-likeness (QED) is 0.846. The summed E-state index contributed by atoms with van der Waals surface area (Å²) in [5.74, 6) is 0.973. The van der Waals surface area contributed by atoms with Crippen LogP contribution in [0.2, 0.25) is 0 Å². The molecule has 1 aliphatic heterocycles. The first kappa shape index (κ1) is 14.8. The summed E-state index contributed by atoms with van der Waals surface area (Å²) in [5, 5.41) is 0. The lowest BCUT2D eigenvalue weighted by Gasteiger charge is -2.37.